The summed E-state index contributed by atoms with van der Waals surface area (Å²) in [5.41, 5.74) is 4.08. The number of amides is 2. The number of carbonyl (C=O) groups is 2. The average molecular weight is 598 g/mol. The molecule has 1 atom stereocenters. The van der Waals surface area contributed by atoms with Crippen LogP contribution in [-0.2, 0) is 32.6 Å². The lowest BCUT2D eigenvalue weighted by molar-refractivity contribution is -0.141. The van der Waals surface area contributed by atoms with Gasteiger partial charge in [0, 0.05) is 37.5 Å². The Bertz CT molecular complexity index is 1430. The monoisotopic (exact) mass is 597 g/mol. The molecule has 0 saturated carbocycles. The number of nitrogens with one attached hydrogen (secondary N) is 1. The molecule has 0 unspecified atom stereocenters. The van der Waals surface area contributed by atoms with Gasteiger partial charge in [-0.2, -0.15) is 0 Å². The smallest absolute Gasteiger partial charge is 0.243 e. The standard InChI is InChI=1S/C32H40ClN3O4S/c1-5-19-34-32(38)30(22-26-13-7-6-8-14-26)35(23-27-15-9-12-24(2)21-27)31(37)18-11-20-36(41(4,39)40)29-17-10-16-28(33)25(29)3/h6-10,12-17,21,30H,5,11,18-20,22-23H2,1-4H3,(H,34,38)/t30-/m0/s1. The lowest BCUT2D eigenvalue weighted by atomic mass is 10.0. The highest BCUT2D eigenvalue weighted by atomic mass is 35.5. The molecule has 7 nitrogen and oxygen atoms in total. The highest BCUT2D eigenvalue weighted by Gasteiger charge is 2.30. The average Bonchev–Trinajstić information content (AvgIpc) is 2.93. The zero-order chi connectivity index (χ0) is 30.0. The number of carbonyl (C=O) groups excluding carboxylic acids is 2. The van der Waals surface area contributed by atoms with E-state index in [9.17, 15) is 18.0 Å². The Kier molecular flexibility index (Phi) is 11.8. The van der Waals surface area contributed by atoms with Gasteiger partial charge in [0.15, 0.2) is 0 Å². The molecular weight excluding hydrogens is 558 g/mol. The fraction of sp³-hybridized carbons (Fsp3) is 0.375. The van der Waals surface area contributed by atoms with Gasteiger partial charge in [0.05, 0.1) is 11.9 Å². The minimum absolute atomic E-state index is 0.0732. The molecule has 0 heterocycles. The van der Waals surface area contributed by atoms with Crippen LogP contribution in [0.3, 0.4) is 0 Å². The first-order valence-electron chi connectivity index (χ1n) is 13.9. The van der Waals surface area contributed by atoms with Gasteiger partial charge in [0.1, 0.15) is 6.04 Å². The normalized spacial score (nSPS) is 12.0. The van der Waals surface area contributed by atoms with Crippen LogP contribution in [0.25, 0.3) is 0 Å². The molecule has 2 amide bonds. The first kappa shape index (κ1) is 32.2. The number of rotatable bonds is 14. The van der Waals surface area contributed by atoms with Gasteiger partial charge >= 0.3 is 0 Å². The lowest BCUT2D eigenvalue weighted by Gasteiger charge is -2.32. The van der Waals surface area contributed by atoms with E-state index < -0.39 is 16.1 Å². The minimum Gasteiger partial charge on any atom is -0.354 e. The second-order valence-electron chi connectivity index (χ2n) is 10.3. The molecule has 41 heavy (non-hydrogen) atoms. The van der Waals surface area contributed by atoms with Gasteiger partial charge in [-0.15, -0.1) is 0 Å². The van der Waals surface area contributed by atoms with Gasteiger partial charge in [-0.05, 0) is 55.5 Å². The van der Waals surface area contributed by atoms with Crippen molar-refractivity contribution in [3.05, 3.63) is 100 Å². The van der Waals surface area contributed by atoms with E-state index in [4.69, 9.17) is 11.6 Å². The molecule has 3 aromatic carbocycles. The van der Waals surface area contributed by atoms with Crippen molar-refractivity contribution in [3.63, 3.8) is 0 Å². The maximum absolute atomic E-state index is 13.9. The first-order valence-corrected chi connectivity index (χ1v) is 16.1. The quantitative estimate of drug-likeness (QED) is 0.259. The van der Waals surface area contributed by atoms with E-state index in [1.807, 2.05) is 68.4 Å². The number of hydrogen-bond donors (Lipinski definition) is 1. The number of aryl methyl sites for hydroxylation is 1. The third-order valence-electron chi connectivity index (χ3n) is 6.92. The Hall–Kier alpha value is -3.36. The number of nitrogens with zero attached hydrogens (tertiary/aromatic N) is 2. The van der Waals surface area contributed by atoms with Gasteiger partial charge < -0.3 is 10.2 Å². The highest BCUT2D eigenvalue weighted by molar-refractivity contribution is 7.92. The topological polar surface area (TPSA) is 86.8 Å². The molecule has 0 aliphatic heterocycles. The van der Waals surface area contributed by atoms with Gasteiger partial charge in [0.2, 0.25) is 21.8 Å². The molecule has 0 radical (unpaired) electrons. The summed E-state index contributed by atoms with van der Waals surface area (Å²) < 4.78 is 26.7. The maximum Gasteiger partial charge on any atom is 0.243 e. The predicted octanol–water partition coefficient (Wildman–Crippen LogP) is 5.67. The summed E-state index contributed by atoms with van der Waals surface area (Å²) in [7, 11) is -3.62. The van der Waals surface area contributed by atoms with Crippen molar-refractivity contribution in [1.29, 1.82) is 0 Å². The Morgan fingerprint density at radius 2 is 1.63 bits per heavy atom. The van der Waals surface area contributed by atoms with Gasteiger partial charge in [-0.3, -0.25) is 13.9 Å². The molecule has 9 heteroatoms. The van der Waals surface area contributed by atoms with Crippen LogP contribution in [0, 0.1) is 13.8 Å². The van der Waals surface area contributed by atoms with Gasteiger partial charge in [-0.1, -0.05) is 84.8 Å². The molecule has 0 aromatic heterocycles. The Morgan fingerprint density at radius 3 is 2.29 bits per heavy atom. The van der Waals surface area contributed by atoms with E-state index >= 15 is 0 Å². The molecule has 220 valence electrons. The molecule has 3 aromatic rings. The van der Waals surface area contributed by atoms with Crippen molar-refractivity contribution in [2.75, 3.05) is 23.7 Å². The second-order valence-corrected chi connectivity index (χ2v) is 12.6. The zero-order valence-electron chi connectivity index (χ0n) is 24.3. The van der Waals surface area contributed by atoms with Crippen LogP contribution >= 0.6 is 11.6 Å². The minimum atomic E-state index is -3.62. The summed E-state index contributed by atoms with van der Waals surface area (Å²) in [6.07, 6.45) is 2.64. The molecule has 0 aliphatic carbocycles. The molecule has 3 rings (SSSR count). The largest absolute Gasteiger partial charge is 0.354 e. The van der Waals surface area contributed by atoms with E-state index in [0.717, 1.165) is 29.4 Å². The number of anilines is 1. The Labute approximate surface area is 249 Å². The van der Waals surface area contributed by atoms with Crippen molar-refractivity contribution in [3.8, 4) is 0 Å². The fourth-order valence-corrected chi connectivity index (χ4v) is 5.96. The molecule has 0 aliphatic rings. The van der Waals surface area contributed by atoms with E-state index in [1.54, 1.807) is 30.0 Å². The molecule has 0 fully saturated rings. The maximum atomic E-state index is 13.9. The van der Waals surface area contributed by atoms with Gasteiger partial charge in [-0.25, -0.2) is 8.42 Å². The fourth-order valence-electron chi connectivity index (χ4n) is 4.78. The Morgan fingerprint density at radius 1 is 0.951 bits per heavy atom. The van der Waals surface area contributed by atoms with E-state index in [2.05, 4.69) is 5.32 Å². The molecule has 1 N–H and O–H groups in total. The van der Waals surface area contributed by atoms with Crippen molar-refractivity contribution < 1.29 is 18.0 Å². The third kappa shape index (κ3) is 9.33. The van der Waals surface area contributed by atoms with Crippen molar-refractivity contribution in [2.24, 2.45) is 0 Å². The summed E-state index contributed by atoms with van der Waals surface area (Å²) in [5, 5.41) is 3.45. The van der Waals surface area contributed by atoms with Crippen LogP contribution in [0.5, 0.6) is 0 Å². The summed E-state index contributed by atoms with van der Waals surface area (Å²) in [4.78, 5) is 29.0. The Balaban J connectivity index is 1.89. The van der Waals surface area contributed by atoms with Crippen LogP contribution in [-0.4, -0.2) is 50.5 Å². The summed E-state index contributed by atoms with van der Waals surface area (Å²) in [5.74, 6) is -0.417. The van der Waals surface area contributed by atoms with Crippen molar-refractivity contribution in [1.82, 2.24) is 10.2 Å². The van der Waals surface area contributed by atoms with E-state index in [-0.39, 0.29) is 37.7 Å². The second kappa shape index (κ2) is 15.0. The molecular formula is C32H40ClN3O4S. The summed E-state index contributed by atoms with van der Waals surface area (Å²) in [6.45, 7) is 6.63. The number of hydrogen-bond acceptors (Lipinski definition) is 4. The third-order valence-corrected chi connectivity index (χ3v) is 8.51. The molecule has 0 saturated heterocycles. The summed E-state index contributed by atoms with van der Waals surface area (Å²) >= 11 is 6.27. The summed E-state index contributed by atoms with van der Waals surface area (Å²) in [6, 6.07) is 21.9. The van der Waals surface area contributed by atoms with Crippen molar-refractivity contribution in [2.45, 2.75) is 59.0 Å². The van der Waals surface area contributed by atoms with E-state index in [1.165, 1.54) is 4.31 Å². The van der Waals surface area contributed by atoms with E-state index in [0.29, 0.717) is 29.2 Å². The number of sulfonamides is 1. The number of halogens is 1. The van der Waals surface area contributed by atoms with Crippen LogP contribution in [0.2, 0.25) is 5.02 Å². The van der Waals surface area contributed by atoms with Crippen LogP contribution in [0.15, 0.2) is 72.8 Å². The predicted molar refractivity (Wildman–Crippen MR) is 167 cm³/mol. The van der Waals surface area contributed by atoms with Crippen molar-refractivity contribution >= 4 is 39.1 Å². The number of benzene rings is 3. The highest BCUT2D eigenvalue weighted by Crippen LogP contribution is 2.28. The van der Waals surface area contributed by atoms with Crippen LogP contribution in [0.4, 0.5) is 5.69 Å². The first-order chi connectivity index (χ1) is 19.5. The molecule has 0 spiro atoms. The van der Waals surface area contributed by atoms with Crippen LogP contribution in [0.1, 0.15) is 48.4 Å². The molecule has 0 bridgehead atoms. The zero-order valence-corrected chi connectivity index (χ0v) is 25.8. The SMILES string of the molecule is CCCNC(=O)[C@H](Cc1ccccc1)N(Cc1cccc(C)c1)C(=O)CCCN(c1cccc(Cl)c1C)S(C)(=O)=O. The van der Waals surface area contributed by atoms with Crippen LogP contribution < -0.4 is 9.62 Å². The lowest BCUT2D eigenvalue weighted by Crippen LogP contribution is -2.50. The van der Waals surface area contributed by atoms with Gasteiger partial charge in [0.25, 0.3) is 0 Å².